The van der Waals surface area contributed by atoms with Gasteiger partial charge in [0.25, 0.3) is 0 Å². The van der Waals surface area contributed by atoms with E-state index in [4.69, 9.17) is 4.74 Å². The number of carbonyl (C=O) groups excluding carboxylic acids is 1. The minimum Gasteiger partial charge on any atom is -0.480 e. The van der Waals surface area contributed by atoms with Gasteiger partial charge in [-0.25, -0.2) is 0 Å². The van der Waals surface area contributed by atoms with Crippen LogP contribution in [0.1, 0.15) is 25.8 Å². The van der Waals surface area contributed by atoms with Crippen LogP contribution < -0.4 is 0 Å². The Morgan fingerprint density at radius 3 is 2.59 bits per heavy atom. The van der Waals surface area contributed by atoms with Gasteiger partial charge in [0, 0.05) is 0 Å². The number of hydrogen-bond donors (Lipinski definition) is 1. The molecule has 0 radical (unpaired) electrons. The Labute approximate surface area is 104 Å². The van der Waals surface area contributed by atoms with Gasteiger partial charge in [-0.15, -0.1) is 0 Å². The normalized spacial score (nSPS) is 14.0. The summed E-state index contributed by atoms with van der Waals surface area (Å²) in [5.41, 5.74) is -0.607. The van der Waals surface area contributed by atoms with Crippen LogP contribution in [-0.4, -0.2) is 23.7 Å². The van der Waals surface area contributed by atoms with Crippen LogP contribution >= 0.6 is 11.3 Å². The van der Waals surface area contributed by atoms with Crippen LogP contribution in [0.25, 0.3) is 0 Å². The summed E-state index contributed by atoms with van der Waals surface area (Å²) in [7, 11) is 0. The summed E-state index contributed by atoms with van der Waals surface area (Å²) in [5, 5.41) is 13.0. The van der Waals surface area contributed by atoms with Gasteiger partial charge in [-0.1, -0.05) is 6.92 Å². The van der Waals surface area contributed by atoms with Gasteiger partial charge in [-0.3, -0.25) is 9.59 Å². The zero-order valence-electron chi connectivity index (χ0n) is 9.93. The Balaban J connectivity index is 3.00. The smallest absolute Gasteiger partial charge is 0.323 e. The number of carboxylic acid groups (broad SMARTS) is 1. The average molecular weight is 256 g/mol. The summed E-state index contributed by atoms with van der Waals surface area (Å²) >= 11 is 1.48. The highest BCUT2D eigenvalue weighted by molar-refractivity contribution is 7.07. The molecule has 1 rings (SSSR count). The SMILES string of the molecule is CCOC(=O)C(CC)(Cc1ccsc1)C(=O)O. The van der Waals surface area contributed by atoms with E-state index in [-0.39, 0.29) is 19.4 Å². The average Bonchev–Trinajstić information content (AvgIpc) is 2.78. The zero-order chi connectivity index (χ0) is 12.9. The van der Waals surface area contributed by atoms with Gasteiger partial charge >= 0.3 is 11.9 Å². The van der Waals surface area contributed by atoms with Crippen molar-refractivity contribution in [1.82, 2.24) is 0 Å². The van der Waals surface area contributed by atoms with Crippen molar-refractivity contribution < 1.29 is 19.4 Å². The molecule has 0 fully saturated rings. The molecule has 0 saturated heterocycles. The summed E-state index contributed by atoms with van der Waals surface area (Å²) < 4.78 is 4.89. The highest BCUT2D eigenvalue weighted by atomic mass is 32.1. The number of carbonyl (C=O) groups is 2. The molecule has 94 valence electrons. The number of carboxylic acids is 1. The highest BCUT2D eigenvalue weighted by Crippen LogP contribution is 2.30. The number of hydrogen-bond acceptors (Lipinski definition) is 4. The molecule has 1 unspecified atom stereocenters. The van der Waals surface area contributed by atoms with Crippen LogP contribution in [0.15, 0.2) is 16.8 Å². The molecule has 0 aromatic carbocycles. The molecule has 0 aliphatic rings. The predicted molar refractivity (Wildman–Crippen MR) is 65.0 cm³/mol. The first-order valence-corrected chi connectivity index (χ1v) is 6.42. The molecule has 0 aliphatic carbocycles. The van der Waals surface area contributed by atoms with Crippen molar-refractivity contribution >= 4 is 23.3 Å². The lowest BCUT2D eigenvalue weighted by Gasteiger charge is -2.25. The lowest BCUT2D eigenvalue weighted by Crippen LogP contribution is -2.42. The fourth-order valence-corrected chi connectivity index (χ4v) is 2.34. The minimum absolute atomic E-state index is 0.182. The zero-order valence-corrected chi connectivity index (χ0v) is 10.8. The third-order valence-corrected chi connectivity index (χ3v) is 3.50. The molecule has 1 N–H and O–H groups in total. The molecular weight excluding hydrogens is 240 g/mol. The topological polar surface area (TPSA) is 63.6 Å². The van der Waals surface area contributed by atoms with Crippen molar-refractivity contribution in [1.29, 1.82) is 0 Å². The summed E-state index contributed by atoms with van der Waals surface area (Å²) in [6, 6.07) is 1.83. The molecule has 1 aromatic heterocycles. The lowest BCUT2D eigenvalue weighted by molar-refractivity contribution is -0.168. The maximum absolute atomic E-state index is 11.9. The molecule has 0 saturated carbocycles. The van der Waals surface area contributed by atoms with E-state index in [2.05, 4.69) is 0 Å². The third kappa shape index (κ3) is 2.85. The maximum atomic E-state index is 11.9. The number of ether oxygens (including phenoxy) is 1. The molecule has 5 heteroatoms. The Morgan fingerprint density at radius 2 is 2.18 bits per heavy atom. The predicted octanol–water partition coefficient (Wildman–Crippen LogP) is 2.33. The molecule has 0 spiro atoms. The van der Waals surface area contributed by atoms with Gasteiger partial charge in [0.2, 0.25) is 0 Å². The van der Waals surface area contributed by atoms with Crippen LogP contribution in [-0.2, 0) is 20.7 Å². The van der Waals surface area contributed by atoms with E-state index in [1.165, 1.54) is 11.3 Å². The van der Waals surface area contributed by atoms with Gasteiger partial charge in [-0.2, -0.15) is 11.3 Å². The van der Waals surface area contributed by atoms with Crippen LogP contribution in [0, 0.1) is 5.41 Å². The molecule has 17 heavy (non-hydrogen) atoms. The van der Waals surface area contributed by atoms with Gasteiger partial charge in [0.1, 0.15) is 0 Å². The van der Waals surface area contributed by atoms with Gasteiger partial charge < -0.3 is 9.84 Å². The first-order valence-electron chi connectivity index (χ1n) is 5.48. The Hall–Kier alpha value is -1.36. The molecule has 1 heterocycles. The Kier molecular flexibility index (Phi) is 4.69. The lowest BCUT2D eigenvalue weighted by atomic mass is 9.80. The number of rotatable bonds is 6. The van der Waals surface area contributed by atoms with Crippen molar-refractivity contribution in [2.24, 2.45) is 5.41 Å². The fraction of sp³-hybridized carbons (Fsp3) is 0.500. The van der Waals surface area contributed by atoms with E-state index >= 15 is 0 Å². The number of esters is 1. The number of aliphatic carboxylic acids is 1. The Morgan fingerprint density at radius 1 is 1.47 bits per heavy atom. The first-order chi connectivity index (χ1) is 8.06. The van der Waals surface area contributed by atoms with Crippen molar-refractivity contribution in [2.45, 2.75) is 26.7 Å². The van der Waals surface area contributed by atoms with Crippen molar-refractivity contribution in [3.63, 3.8) is 0 Å². The van der Waals surface area contributed by atoms with Crippen LogP contribution in [0.2, 0.25) is 0 Å². The summed E-state index contributed by atoms with van der Waals surface area (Å²) in [6.07, 6.45) is 0.401. The second-order valence-corrected chi connectivity index (χ2v) is 4.55. The quantitative estimate of drug-likeness (QED) is 0.626. The fourth-order valence-electron chi connectivity index (χ4n) is 1.67. The third-order valence-electron chi connectivity index (χ3n) is 2.77. The molecular formula is C12H16O4S. The van der Waals surface area contributed by atoms with Crippen molar-refractivity contribution in [2.75, 3.05) is 6.61 Å². The standard InChI is InChI=1S/C12H16O4S/c1-3-12(10(13)14,11(15)16-4-2)7-9-5-6-17-8-9/h5-6,8H,3-4,7H2,1-2H3,(H,13,14). The van der Waals surface area contributed by atoms with E-state index in [1.807, 2.05) is 16.8 Å². The molecule has 0 amide bonds. The highest BCUT2D eigenvalue weighted by Gasteiger charge is 2.46. The van der Waals surface area contributed by atoms with E-state index in [0.717, 1.165) is 5.56 Å². The maximum Gasteiger partial charge on any atom is 0.323 e. The van der Waals surface area contributed by atoms with E-state index in [9.17, 15) is 14.7 Å². The van der Waals surface area contributed by atoms with Gasteiger partial charge in [0.05, 0.1) is 6.61 Å². The molecule has 0 bridgehead atoms. The molecule has 4 nitrogen and oxygen atoms in total. The van der Waals surface area contributed by atoms with Crippen LogP contribution in [0.4, 0.5) is 0 Å². The summed E-state index contributed by atoms with van der Waals surface area (Å²) in [4.78, 5) is 23.3. The van der Waals surface area contributed by atoms with Crippen molar-refractivity contribution in [3.8, 4) is 0 Å². The first kappa shape index (κ1) is 13.7. The largest absolute Gasteiger partial charge is 0.480 e. The Bertz CT molecular complexity index is 385. The molecule has 1 aromatic rings. The van der Waals surface area contributed by atoms with E-state index in [1.54, 1.807) is 13.8 Å². The second kappa shape index (κ2) is 5.82. The summed E-state index contributed by atoms with van der Waals surface area (Å²) in [6.45, 7) is 3.56. The minimum atomic E-state index is -1.46. The van der Waals surface area contributed by atoms with Crippen molar-refractivity contribution in [3.05, 3.63) is 22.4 Å². The second-order valence-electron chi connectivity index (χ2n) is 3.77. The molecule has 0 aliphatic heterocycles. The van der Waals surface area contributed by atoms with Gasteiger partial charge in [-0.05, 0) is 42.2 Å². The number of thiophene rings is 1. The monoisotopic (exact) mass is 256 g/mol. The van der Waals surface area contributed by atoms with E-state index < -0.39 is 17.4 Å². The van der Waals surface area contributed by atoms with Crippen LogP contribution in [0.3, 0.4) is 0 Å². The van der Waals surface area contributed by atoms with Gasteiger partial charge in [0.15, 0.2) is 5.41 Å². The molecule has 1 atom stereocenters. The van der Waals surface area contributed by atoms with Crippen LogP contribution in [0.5, 0.6) is 0 Å². The van der Waals surface area contributed by atoms with E-state index in [0.29, 0.717) is 0 Å². The summed E-state index contributed by atoms with van der Waals surface area (Å²) in [5.74, 6) is -1.77.